The molecule has 0 spiro atoms. The first-order valence-corrected chi connectivity index (χ1v) is 13.1. The number of piperazine rings is 1. The van der Waals surface area contributed by atoms with E-state index < -0.39 is 10.0 Å². The second-order valence-electron chi connectivity index (χ2n) is 8.49. The molecule has 34 heavy (non-hydrogen) atoms. The number of aryl methyl sites for hydroxylation is 1. The molecule has 0 N–H and O–H groups in total. The third-order valence-electron chi connectivity index (χ3n) is 6.22. The van der Waals surface area contributed by atoms with Gasteiger partial charge < -0.3 is 4.90 Å². The Labute approximate surface area is 202 Å². The summed E-state index contributed by atoms with van der Waals surface area (Å²) in [5, 5.41) is 0. The molecule has 0 radical (unpaired) electrons. The molecule has 6 nitrogen and oxygen atoms in total. The number of nitrogens with zero attached hydrogens (tertiary/aromatic N) is 3. The molecule has 0 saturated carbocycles. The molecule has 1 aliphatic rings. The van der Waals surface area contributed by atoms with Gasteiger partial charge in [-0.15, -0.1) is 0 Å². The summed E-state index contributed by atoms with van der Waals surface area (Å²) in [7, 11) is -3.88. The molecule has 0 bridgehead atoms. The number of sulfonamides is 1. The summed E-state index contributed by atoms with van der Waals surface area (Å²) in [6.07, 6.45) is 0.859. The SMILES string of the molecule is CCc1ccc(N(CC(=O)N2CCN(Cc3ccccc3)CC2)S(=O)(=O)c2ccccc2)cc1. The number of benzene rings is 3. The fourth-order valence-electron chi connectivity index (χ4n) is 4.15. The van der Waals surface area contributed by atoms with Crippen molar-refractivity contribution < 1.29 is 13.2 Å². The first-order valence-electron chi connectivity index (χ1n) is 11.7. The quantitative estimate of drug-likeness (QED) is 0.495. The summed E-state index contributed by atoms with van der Waals surface area (Å²) in [6, 6.07) is 26.0. The van der Waals surface area contributed by atoms with Crippen LogP contribution < -0.4 is 4.31 Å². The van der Waals surface area contributed by atoms with Gasteiger partial charge in [0.15, 0.2) is 0 Å². The van der Waals surface area contributed by atoms with Crippen molar-refractivity contribution in [2.45, 2.75) is 24.8 Å². The summed E-state index contributed by atoms with van der Waals surface area (Å²) >= 11 is 0. The lowest BCUT2D eigenvalue weighted by Gasteiger charge is -2.36. The van der Waals surface area contributed by atoms with Gasteiger partial charge in [-0.2, -0.15) is 0 Å². The van der Waals surface area contributed by atoms with E-state index in [1.165, 1.54) is 9.87 Å². The molecule has 1 amide bonds. The van der Waals surface area contributed by atoms with Gasteiger partial charge in [-0.1, -0.05) is 67.6 Å². The highest BCUT2D eigenvalue weighted by Gasteiger charge is 2.30. The van der Waals surface area contributed by atoms with Gasteiger partial charge in [-0.05, 0) is 41.8 Å². The lowest BCUT2D eigenvalue weighted by atomic mass is 10.1. The van der Waals surface area contributed by atoms with Crippen molar-refractivity contribution in [1.82, 2.24) is 9.80 Å². The van der Waals surface area contributed by atoms with Crippen molar-refractivity contribution in [2.24, 2.45) is 0 Å². The summed E-state index contributed by atoms with van der Waals surface area (Å²) in [5.74, 6) is -0.182. The number of amides is 1. The number of carbonyl (C=O) groups is 1. The molecule has 1 heterocycles. The summed E-state index contributed by atoms with van der Waals surface area (Å²) < 4.78 is 28.3. The van der Waals surface area contributed by atoms with Gasteiger partial charge >= 0.3 is 0 Å². The zero-order chi connectivity index (χ0) is 24.0. The second kappa shape index (κ2) is 10.8. The van der Waals surface area contributed by atoms with Crippen molar-refractivity contribution >= 4 is 21.6 Å². The number of anilines is 1. The predicted octanol–water partition coefficient (Wildman–Crippen LogP) is 3.79. The van der Waals surface area contributed by atoms with Crippen LogP contribution in [0.15, 0.2) is 89.8 Å². The van der Waals surface area contributed by atoms with E-state index in [4.69, 9.17) is 0 Å². The second-order valence-corrected chi connectivity index (χ2v) is 10.3. The lowest BCUT2D eigenvalue weighted by molar-refractivity contribution is -0.131. The smallest absolute Gasteiger partial charge is 0.264 e. The van der Waals surface area contributed by atoms with Crippen molar-refractivity contribution in [3.05, 3.63) is 96.1 Å². The molecule has 3 aromatic carbocycles. The third kappa shape index (κ3) is 5.66. The van der Waals surface area contributed by atoms with Crippen LogP contribution >= 0.6 is 0 Å². The van der Waals surface area contributed by atoms with Crippen molar-refractivity contribution in [1.29, 1.82) is 0 Å². The zero-order valence-corrected chi connectivity index (χ0v) is 20.3. The molecule has 1 aliphatic heterocycles. The van der Waals surface area contributed by atoms with Gasteiger partial charge in [-0.3, -0.25) is 14.0 Å². The Morgan fingerprint density at radius 2 is 1.38 bits per heavy atom. The number of rotatable bonds is 8. The Bertz CT molecular complexity index is 1170. The maximum absolute atomic E-state index is 13.5. The molecule has 178 valence electrons. The van der Waals surface area contributed by atoms with Crippen LogP contribution in [0.1, 0.15) is 18.1 Å². The maximum atomic E-state index is 13.5. The molecule has 0 aromatic heterocycles. The summed E-state index contributed by atoms with van der Waals surface area (Å²) in [4.78, 5) is 17.5. The van der Waals surface area contributed by atoms with Gasteiger partial charge in [0.1, 0.15) is 6.54 Å². The summed E-state index contributed by atoms with van der Waals surface area (Å²) in [6.45, 7) is 5.37. The normalized spacial score (nSPS) is 14.7. The monoisotopic (exact) mass is 477 g/mol. The fraction of sp³-hybridized carbons (Fsp3) is 0.296. The van der Waals surface area contributed by atoms with Gasteiger partial charge in [0, 0.05) is 32.7 Å². The van der Waals surface area contributed by atoms with E-state index in [1.807, 2.05) is 30.3 Å². The minimum Gasteiger partial charge on any atom is -0.339 e. The van der Waals surface area contributed by atoms with E-state index in [-0.39, 0.29) is 17.3 Å². The number of hydrogen-bond acceptors (Lipinski definition) is 4. The van der Waals surface area contributed by atoms with E-state index in [2.05, 4.69) is 24.0 Å². The van der Waals surface area contributed by atoms with Crippen LogP contribution in [0.2, 0.25) is 0 Å². The Morgan fingerprint density at radius 3 is 1.97 bits per heavy atom. The lowest BCUT2D eigenvalue weighted by Crippen LogP contribution is -2.51. The highest BCUT2D eigenvalue weighted by atomic mass is 32.2. The molecule has 1 fully saturated rings. The molecular weight excluding hydrogens is 446 g/mol. The zero-order valence-electron chi connectivity index (χ0n) is 19.5. The van der Waals surface area contributed by atoms with Crippen LogP contribution in [-0.2, 0) is 27.8 Å². The molecule has 0 atom stereocenters. The molecule has 1 saturated heterocycles. The van der Waals surface area contributed by atoms with E-state index in [9.17, 15) is 13.2 Å². The standard InChI is InChI=1S/C27H31N3O3S/c1-2-23-13-15-25(16-14-23)30(34(32,33)26-11-7-4-8-12-26)22-27(31)29-19-17-28(18-20-29)21-24-9-5-3-6-10-24/h3-16H,2,17-22H2,1H3. The largest absolute Gasteiger partial charge is 0.339 e. The molecular formula is C27H31N3O3S. The highest BCUT2D eigenvalue weighted by Crippen LogP contribution is 2.24. The Morgan fingerprint density at radius 1 is 0.794 bits per heavy atom. The maximum Gasteiger partial charge on any atom is 0.264 e. The minimum atomic E-state index is -3.88. The number of carbonyl (C=O) groups excluding carboxylic acids is 1. The minimum absolute atomic E-state index is 0.176. The molecule has 0 unspecified atom stereocenters. The predicted molar refractivity (Wildman–Crippen MR) is 135 cm³/mol. The average molecular weight is 478 g/mol. The molecule has 7 heteroatoms. The Hall–Kier alpha value is -3.16. The van der Waals surface area contributed by atoms with Crippen LogP contribution in [0, 0.1) is 0 Å². The van der Waals surface area contributed by atoms with E-state index in [0.717, 1.165) is 31.6 Å². The van der Waals surface area contributed by atoms with E-state index >= 15 is 0 Å². The van der Waals surface area contributed by atoms with Crippen LogP contribution in [0.5, 0.6) is 0 Å². The fourth-order valence-corrected chi connectivity index (χ4v) is 5.59. The van der Waals surface area contributed by atoms with E-state index in [1.54, 1.807) is 47.4 Å². The van der Waals surface area contributed by atoms with Crippen LogP contribution in [-0.4, -0.2) is 56.8 Å². The third-order valence-corrected chi connectivity index (χ3v) is 8.00. The van der Waals surface area contributed by atoms with Crippen molar-refractivity contribution in [3.63, 3.8) is 0 Å². The van der Waals surface area contributed by atoms with Crippen molar-refractivity contribution in [2.75, 3.05) is 37.0 Å². The van der Waals surface area contributed by atoms with Gasteiger partial charge in [0.2, 0.25) is 5.91 Å². The number of hydrogen-bond donors (Lipinski definition) is 0. The van der Waals surface area contributed by atoms with Gasteiger partial charge in [0.25, 0.3) is 10.0 Å². The molecule has 4 rings (SSSR count). The van der Waals surface area contributed by atoms with Gasteiger partial charge in [-0.25, -0.2) is 8.42 Å². The average Bonchev–Trinajstić information content (AvgIpc) is 2.89. The van der Waals surface area contributed by atoms with Crippen molar-refractivity contribution in [3.8, 4) is 0 Å². The van der Waals surface area contributed by atoms with Crippen LogP contribution in [0.4, 0.5) is 5.69 Å². The van der Waals surface area contributed by atoms with E-state index in [0.29, 0.717) is 18.8 Å². The molecule has 0 aliphatic carbocycles. The van der Waals surface area contributed by atoms with Crippen LogP contribution in [0.3, 0.4) is 0 Å². The first kappa shape index (κ1) is 24.0. The topological polar surface area (TPSA) is 60.9 Å². The summed E-state index contributed by atoms with van der Waals surface area (Å²) in [5.41, 5.74) is 2.86. The Kier molecular flexibility index (Phi) is 7.65. The highest BCUT2D eigenvalue weighted by molar-refractivity contribution is 7.92. The van der Waals surface area contributed by atoms with Gasteiger partial charge in [0.05, 0.1) is 10.6 Å². The molecule has 3 aromatic rings. The first-order chi connectivity index (χ1) is 16.5. The Balaban J connectivity index is 1.48. The van der Waals surface area contributed by atoms with Crippen LogP contribution in [0.25, 0.3) is 0 Å².